The first-order chi connectivity index (χ1) is 10.9. The maximum atomic E-state index is 12.4. The van der Waals surface area contributed by atoms with Gasteiger partial charge in [0.2, 0.25) is 0 Å². The Labute approximate surface area is 130 Å². The van der Waals surface area contributed by atoms with Crippen LogP contribution < -0.4 is 5.32 Å². The first-order valence-corrected chi connectivity index (χ1v) is 6.56. The third kappa shape index (κ3) is 4.50. The first-order valence-electron chi connectivity index (χ1n) is 6.56. The number of amidine groups is 1. The minimum atomic E-state index is -4.36. The highest BCUT2D eigenvalue weighted by Gasteiger charge is 2.29. The second-order valence-corrected chi connectivity index (χ2v) is 4.59. The molecule has 0 atom stereocenters. The van der Waals surface area contributed by atoms with Crippen molar-refractivity contribution in [1.82, 2.24) is 0 Å². The molecule has 2 rings (SSSR count). The molecule has 3 N–H and O–H groups in total. The Kier molecular flexibility index (Phi) is 4.90. The maximum absolute atomic E-state index is 12.4. The van der Waals surface area contributed by atoms with E-state index in [1.54, 1.807) is 24.3 Å². The lowest BCUT2D eigenvalue weighted by atomic mass is 10.1. The lowest BCUT2D eigenvalue weighted by molar-refractivity contribution is -0.137. The molecule has 0 aliphatic heterocycles. The summed E-state index contributed by atoms with van der Waals surface area (Å²) in [6.45, 7) is 0. The van der Waals surface area contributed by atoms with Crippen molar-refractivity contribution in [3.63, 3.8) is 0 Å². The standard InChI is InChI=1S/C16H13F3N4/c17-16(18,19)13-5-7-14(8-6-13)22-10-23-15(21)12-3-1-11(9-20)2-4-12/h1-10,20H,(H2,21,22,23). The second-order valence-electron chi connectivity index (χ2n) is 4.59. The zero-order valence-electron chi connectivity index (χ0n) is 11.9. The molecule has 118 valence electrons. The Hall–Kier alpha value is -2.96. The number of halogens is 3. The Morgan fingerprint density at radius 1 is 1.00 bits per heavy atom. The van der Waals surface area contributed by atoms with Gasteiger partial charge >= 0.3 is 6.18 Å². The van der Waals surface area contributed by atoms with Gasteiger partial charge in [-0.3, -0.25) is 5.41 Å². The monoisotopic (exact) mass is 318 g/mol. The van der Waals surface area contributed by atoms with Crippen molar-refractivity contribution in [1.29, 1.82) is 10.8 Å². The second kappa shape index (κ2) is 6.87. The smallest absolute Gasteiger partial charge is 0.346 e. The molecule has 2 aromatic carbocycles. The average molecular weight is 318 g/mol. The molecule has 0 heterocycles. The molecule has 0 fully saturated rings. The fourth-order valence-electron chi connectivity index (χ4n) is 1.74. The van der Waals surface area contributed by atoms with Crippen LogP contribution >= 0.6 is 0 Å². The zero-order chi connectivity index (χ0) is 16.9. The molecule has 4 nitrogen and oxygen atoms in total. The molecule has 23 heavy (non-hydrogen) atoms. The van der Waals surface area contributed by atoms with Gasteiger partial charge in [0.1, 0.15) is 0 Å². The molecule has 0 radical (unpaired) electrons. The largest absolute Gasteiger partial charge is 0.416 e. The summed E-state index contributed by atoms with van der Waals surface area (Å²) in [6, 6.07) is 11.2. The first kappa shape index (κ1) is 16.4. The Bertz CT molecular complexity index is 716. The highest BCUT2D eigenvalue weighted by Crippen LogP contribution is 2.29. The van der Waals surface area contributed by atoms with Crippen LogP contribution in [0.15, 0.2) is 53.5 Å². The third-order valence-corrected chi connectivity index (χ3v) is 2.99. The maximum Gasteiger partial charge on any atom is 0.416 e. The predicted octanol–water partition coefficient (Wildman–Crippen LogP) is 4.17. The number of nitrogens with one attached hydrogen (secondary N) is 3. The molecule has 0 bridgehead atoms. The normalized spacial score (nSPS) is 11.4. The molecule has 0 spiro atoms. The predicted molar refractivity (Wildman–Crippen MR) is 84.7 cm³/mol. The third-order valence-electron chi connectivity index (χ3n) is 2.99. The van der Waals surface area contributed by atoms with E-state index < -0.39 is 11.7 Å². The Balaban J connectivity index is 1.97. The van der Waals surface area contributed by atoms with Crippen LogP contribution in [-0.4, -0.2) is 18.4 Å². The van der Waals surface area contributed by atoms with Crippen LogP contribution in [0.5, 0.6) is 0 Å². The summed E-state index contributed by atoms with van der Waals surface area (Å²) < 4.78 is 37.3. The van der Waals surface area contributed by atoms with E-state index >= 15 is 0 Å². The van der Waals surface area contributed by atoms with Crippen LogP contribution in [-0.2, 0) is 6.18 Å². The van der Waals surface area contributed by atoms with Gasteiger partial charge < -0.3 is 10.7 Å². The number of hydrogen-bond acceptors (Lipinski definition) is 2. The topological polar surface area (TPSA) is 72.1 Å². The molecular formula is C16H13F3N4. The summed E-state index contributed by atoms with van der Waals surface area (Å²) >= 11 is 0. The summed E-state index contributed by atoms with van der Waals surface area (Å²) in [6.07, 6.45) is -1.92. The van der Waals surface area contributed by atoms with Gasteiger partial charge in [0.05, 0.1) is 11.9 Å². The lowest BCUT2D eigenvalue weighted by Crippen LogP contribution is -2.05. The van der Waals surface area contributed by atoms with Crippen molar-refractivity contribution in [3.05, 3.63) is 65.2 Å². The molecule has 0 aliphatic rings. The van der Waals surface area contributed by atoms with E-state index in [-0.39, 0.29) is 5.84 Å². The molecule has 0 aliphatic carbocycles. The van der Waals surface area contributed by atoms with E-state index in [1.165, 1.54) is 24.7 Å². The molecule has 0 unspecified atom stereocenters. The van der Waals surface area contributed by atoms with Crippen LogP contribution in [0.2, 0.25) is 0 Å². The minimum absolute atomic E-state index is 0.000872. The van der Waals surface area contributed by atoms with Crippen molar-refractivity contribution in [3.8, 4) is 0 Å². The van der Waals surface area contributed by atoms with Crippen molar-refractivity contribution in [2.45, 2.75) is 6.18 Å². The average Bonchev–Trinajstić information content (AvgIpc) is 2.54. The number of anilines is 1. The molecule has 2 aromatic rings. The van der Waals surface area contributed by atoms with Crippen molar-refractivity contribution in [2.75, 3.05) is 5.32 Å². The summed E-state index contributed by atoms with van der Waals surface area (Å²) in [5.41, 5.74) is 1.00. The van der Waals surface area contributed by atoms with Crippen LogP contribution in [0.1, 0.15) is 16.7 Å². The van der Waals surface area contributed by atoms with Crippen LogP contribution in [0.4, 0.5) is 18.9 Å². The minimum Gasteiger partial charge on any atom is -0.346 e. The van der Waals surface area contributed by atoms with Crippen LogP contribution in [0.25, 0.3) is 0 Å². The number of alkyl halides is 3. The van der Waals surface area contributed by atoms with Crippen molar-refractivity contribution in [2.24, 2.45) is 4.99 Å². The van der Waals surface area contributed by atoms with E-state index in [0.29, 0.717) is 16.8 Å². The number of benzene rings is 2. The number of hydrogen-bond donors (Lipinski definition) is 3. The fourth-order valence-corrected chi connectivity index (χ4v) is 1.74. The van der Waals surface area contributed by atoms with E-state index in [2.05, 4.69) is 10.3 Å². The number of rotatable bonds is 4. The van der Waals surface area contributed by atoms with E-state index in [4.69, 9.17) is 10.8 Å². The molecule has 0 saturated carbocycles. The molecule has 7 heteroatoms. The highest BCUT2D eigenvalue weighted by atomic mass is 19.4. The lowest BCUT2D eigenvalue weighted by Gasteiger charge is -2.07. The summed E-state index contributed by atoms with van der Waals surface area (Å²) in [7, 11) is 0. The highest BCUT2D eigenvalue weighted by molar-refractivity contribution is 6.02. The summed E-state index contributed by atoms with van der Waals surface area (Å²) in [5.74, 6) is 0.000872. The van der Waals surface area contributed by atoms with Crippen molar-refractivity contribution >= 4 is 24.1 Å². The van der Waals surface area contributed by atoms with Gasteiger partial charge in [0.25, 0.3) is 0 Å². The zero-order valence-corrected chi connectivity index (χ0v) is 11.9. The Morgan fingerprint density at radius 2 is 1.61 bits per heavy atom. The van der Waals surface area contributed by atoms with Gasteiger partial charge in [-0.15, -0.1) is 0 Å². The molecule has 0 saturated heterocycles. The van der Waals surface area contributed by atoms with E-state index in [9.17, 15) is 13.2 Å². The van der Waals surface area contributed by atoms with Gasteiger partial charge in [-0.25, -0.2) is 4.99 Å². The van der Waals surface area contributed by atoms with Crippen LogP contribution in [0.3, 0.4) is 0 Å². The quantitative estimate of drug-likeness (QED) is 0.574. The summed E-state index contributed by atoms with van der Waals surface area (Å²) in [4.78, 5) is 3.88. The van der Waals surface area contributed by atoms with Crippen LogP contribution in [0, 0.1) is 10.8 Å². The van der Waals surface area contributed by atoms with E-state index in [0.717, 1.165) is 12.1 Å². The Morgan fingerprint density at radius 3 is 2.13 bits per heavy atom. The van der Waals surface area contributed by atoms with Gasteiger partial charge in [0.15, 0.2) is 5.84 Å². The number of aliphatic imine (C=N–C) groups is 1. The number of nitrogens with zero attached hydrogens (tertiary/aromatic N) is 1. The van der Waals surface area contributed by atoms with Crippen molar-refractivity contribution < 1.29 is 13.2 Å². The summed E-state index contributed by atoms with van der Waals surface area (Å²) in [5, 5.41) is 17.6. The SMILES string of the molecule is N=Cc1ccc(C(=N)/N=C\Nc2ccc(C(F)(F)F)cc2)cc1. The molecular weight excluding hydrogens is 305 g/mol. The van der Waals surface area contributed by atoms with Gasteiger partial charge in [0, 0.05) is 17.5 Å². The van der Waals surface area contributed by atoms with Gasteiger partial charge in [-0.05, 0) is 29.8 Å². The molecule has 0 aromatic heterocycles. The fraction of sp³-hybridized carbons (Fsp3) is 0.0625. The van der Waals surface area contributed by atoms with E-state index in [1.807, 2.05) is 0 Å². The van der Waals surface area contributed by atoms with Gasteiger partial charge in [-0.1, -0.05) is 24.3 Å². The van der Waals surface area contributed by atoms with Gasteiger partial charge in [-0.2, -0.15) is 13.2 Å². The molecule has 0 amide bonds.